The van der Waals surface area contributed by atoms with Gasteiger partial charge in [-0.1, -0.05) is 56.0 Å². The number of hydrogen-bond acceptors (Lipinski definition) is 1. The van der Waals surface area contributed by atoms with Gasteiger partial charge in [0.2, 0.25) is 0 Å². The van der Waals surface area contributed by atoms with Gasteiger partial charge in [-0.25, -0.2) is 0 Å². The van der Waals surface area contributed by atoms with Gasteiger partial charge in [-0.05, 0) is 56.7 Å². The molecule has 1 aromatic carbocycles. The minimum Gasteiger partial charge on any atom is -0.319 e. The van der Waals surface area contributed by atoms with E-state index in [9.17, 15) is 0 Å². The molecule has 106 valence electrons. The third-order valence-electron chi connectivity index (χ3n) is 4.74. The van der Waals surface area contributed by atoms with Crippen molar-refractivity contribution in [2.45, 2.75) is 51.9 Å². The van der Waals surface area contributed by atoms with E-state index >= 15 is 0 Å². The van der Waals surface area contributed by atoms with Gasteiger partial charge < -0.3 is 5.32 Å². The molecule has 3 atom stereocenters. The summed E-state index contributed by atoms with van der Waals surface area (Å²) in [6.07, 6.45) is 6.97. The van der Waals surface area contributed by atoms with Crippen LogP contribution in [0.25, 0.3) is 0 Å². The number of benzene rings is 1. The fourth-order valence-electron chi connectivity index (χ4n) is 3.81. The molecular weight excluding hydrogens is 230 g/mol. The highest BCUT2D eigenvalue weighted by atomic mass is 14.8. The van der Waals surface area contributed by atoms with Crippen molar-refractivity contribution in [3.05, 3.63) is 35.4 Å². The molecule has 0 aromatic heterocycles. The third kappa shape index (κ3) is 3.82. The summed E-state index contributed by atoms with van der Waals surface area (Å²) in [5, 5.41) is 3.40. The van der Waals surface area contributed by atoms with Crippen molar-refractivity contribution < 1.29 is 0 Å². The van der Waals surface area contributed by atoms with Gasteiger partial charge in [0.05, 0.1) is 0 Å². The zero-order valence-electron chi connectivity index (χ0n) is 12.8. The first-order valence-corrected chi connectivity index (χ1v) is 7.95. The van der Waals surface area contributed by atoms with Crippen LogP contribution in [-0.2, 0) is 0 Å². The highest BCUT2D eigenvalue weighted by Gasteiger charge is 2.30. The molecule has 1 aliphatic carbocycles. The van der Waals surface area contributed by atoms with Crippen LogP contribution in [0.4, 0.5) is 0 Å². The topological polar surface area (TPSA) is 12.0 Å². The zero-order chi connectivity index (χ0) is 13.7. The van der Waals surface area contributed by atoms with Crippen molar-refractivity contribution in [3.63, 3.8) is 0 Å². The summed E-state index contributed by atoms with van der Waals surface area (Å²) in [4.78, 5) is 0. The predicted octanol–water partition coefficient (Wildman–Crippen LogP) is 4.51. The SMILES string of the molecule is CCCC1CCC(CNC)C(c2cccc(C)c2)C1. The molecule has 3 unspecified atom stereocenters. The first-order chi connectivity index (χ1) is 9.24. The van der Waals surface area contributed by atoms with Gasteiger partial charge in [0.25, 0.3) is 0 Å². The molecule has 1 fully saturated rings. The van der Waals surface area contributed by atoms with E-state index in [-0.39, 0.29) is 0 Å². The molecule has 0 radical (unpaired) electrons. The van der Waals surface area contributed by atoms with Crippen LogP contribution in [0.1, 0.15) is 56.1 Å². The van der Waals surface area contributed by atoms with Gasteiger partial charge in [0.15, 0.2) is 0 Å². The van der Waals surface area contributed by atoms with Gasteiger partial charge in [0.1, 0.15) is 0 Å². The van der Waals surface area contributed by atoms with Crippen LogP contribution in [0.3, 0.4) is 0 Å². The van der Waals surface area contributed by atoms with Gasteiger partial charge >= 0.3 is 0 Å². The number of aryl methyl sites for hydroxylation is 1. The van der Waals surface area contributed by atoms with Gasteiger partial charge in [-0.15, -0.1) is 0 Å². The quantitative estimate of drug-likeness (QED) is 0.820. The van der Waals surface area contributed by atoms with Crippen LogP contribution in [0.5, 0.6) is 0 Å². The summed E-state index contributed by atoms with van der Waals surface area (Å²) < 4.78 is 0. The lowest BCUT2D eigenvalue weighted by molar-refractivity contribution is 0.223. The fraction of sp³-hybridized carbons (Fsp3) is 0.667. The van der Waals surface area contributed by atoms with Gasteiger partial charge in [-0.2, -0.15) is 0 Å². The fourth-order valence-corrected chi connectivity index (χ4v) is 3.81. The first-order valence-electron chi connectivity index (χ1n) is 7.95. The van der Waals surface area contributed by atoms with Crippen molar-refractivity contribution in [1.29, 1.82) is 0 Å². The summed E-state index contributed by atoms with van der Waals surface area (Å²) >= 11 is 0. The lowest BCUT2D eigenvalue weighted by Crippen LogP contribution is -2.30. The molecule has 0 spiro atoms. The van der Waals surface area contributed by atoms with Crippen molar-refractivity contribution in [3.8, 4) is 0 Å². The van der Waals surface area contributed by atoms with E-state index in [4.69, 9.17) is 0 Å². The molecule has 1 aromatic rings. The monoisotopic (exact) mass is 259 g/mol. The Morgan fingerprint density at radius 3 is 2.79 bits per heavy atom. The Labute approximate surface area is 118 Å². The smallest absolute Gasteiger partial charge is 0.00177 e. The number of hydrogen-bond donors (Lipinski definition) is 1. The molecule has 1 nitrogen and oxygen atoms in total. The molecule has 1 aliphatic rings. The molecule has 1 heteroatoms. The molecule has 0 aliphatic heterocycles. The van der Waals surface area contributed by atoms with Crippen LogP contribution in [-0.4, -0.2) is 13.6 Å². The second kappa shape index (κ2) is 7.09. The molecule has 2 rings (SSSR count). The van der Waals surface area contributed by atoms with Crippen molar-refractivity contribution in [1.82, 2.24) is 5.32 Å². The summed E-state index contributed by atoms with van der Waals surface area (Å²) in [6, 6.07) is 9.18. The molecule has 19 heavy (non-hydrogen) atoms. The Balaban J connectivity index is 2.15. The summed E-state index contributed by atoms with van der Waals surface area (Å²) in [6.45, 7) is 5.70. The van der Waals surface area contributed by atoms with E-state index in [0.717, 1.165) is 24.3 Å². The maximum Gasteiger partial charge on any atom is -0.00177 e. The summed E-state index contributed by atoms with van der Waals surface area (Å²) in [7, 11) is 2.09. The molecular formula is C18H29N. The average molecular weight is 259 g/mol. The number of rotatable bonds is 5. The van der Waals surface area contributed by atoms with Crippen molar-refractivity contribution in [2.24, 2.45) is 11.8 Å². The molecule has 0 bridgehead atoms. The van der Waals surface area contributed by atoms with E-state index in [0.29, 0.717) is 0 Å². The Bertz CT molecular complexity index is 385. The lowest BCUT2D eigenvalue weighted by Gasteiger charge is -2.36. The molecule has 0 amide bonds. The maximum absolute atomic E-state index is 3.40. The van der Waals surface area contributed by atoms with Crippen LogP contribution in [0, 0.1) is 18.8 Å². The van der Waals surface area contributed by atoms with E-state index in [1.807, 2.05) is 0 Å². The second-order valence-electron chi connectivity index (χ2n) is 6.31. The molecule has 0 heterocycles. The zero-order valence-corrected chi connectivity index (χ0v) is 12.8. The number of nitrogens with one attached hydrogen (secondary N) is 1. The Kier molecular flexibility index (Phi) is 5.45. The van der Waals surface area contributed by atoms with Gasteiger partial charge in [0, 0.05) is 0 Å². The van der Waals surface area contributed by atoms with E-state index < -0.39 is 0 Å². The molecule has 0 saturated heterocycles. The third-order valence-corrected chi connectivity index (χ3v) is 4.74. The largest absolute Gasteiger partial charge is 0.319 e. The molecule has 1 N–H and O–H groups in total. The lowest BCUT2D eigenvalue weighted by atomic mass is 9.70. The van der Waals surface area contributed by atoms with Crippen LogP contribution < -0.4 is 5.32 Å². The van der Waals surface area contributed by atoms with Crippen LogP contribution in [0.2, 0.25) is 0 Å². The van der Waals surface area contributed by atoms with E-state index in [1.165, 1.54) is 37.7 Å². The maximum atomic E-state index is 3.40. The predicted molar refractivity (Wildman–Crippen MR) is 83.6 cm³/mol. The first kappa shape index (κ1) is 14.6. The van der Waals surface area contributed by atoms with Gasteiger partial charge in [-0.3, -0.25) is 0 Å². The van der Waals surface area contributed by atoms with E-state index in [1.54, 1.807) is 5.56 Å². The Morgan fingerprint density at radius 2 is 2.11 bits per heavy atom. The molecule has 1 saturated carbocycles. The Morgan fingerprint density at radius 1 is 1.26 bits per heavy atom. The van der Waals surface area contributed by atoms with Crippen molar-refractivity contribution >= 4 is 0 Å². The minimum absolute atomic E-state index is 0.762. The second-order valence-corrected chi connectivity index (χ2v) is 6.31. The van der Waals surface area contributed by atoms with E-state index in [2.05, 4.69) is 50.5 Å². The van der Waals surface area contributed by atoms with Crippen molar-refractivity contribution in [2.75, 3.05) is 13.6 Å². The minimum atomic E-state index is 0.762. The summed E-state index contributed by atoms with van der Waals surface area (Å²) in [5.74, 6) is 2.53. The standard InChI is InChI=1S/C18H29N/c1-4-6-15-9-10-17(13-19-3)18(12-15)16-8-5-7-14(2)11-16/h5,7-8,11,15,17-19H,4,6,9-10,12-13H2,1-3H3. The average Bonchev–Trinajstić information content (AvgIpc) is 2.41. The highest BCUT2D eigenvalue weighted by molar-refractivity contribution is 5.26. The normalized spacial score (nSPS) is 27.4. The van der Waals surface area contributed by atoms with Crippen LogP contribution in [0.15, 0.2) is 24.3 Å². The van der Waals surface area contributed by atoms with Crippen LogP contribution >= 0.6 is 0 Å². The summed E-state index contributed by atoms with van der Waals surface area (Å²) in [5.41, 5.74) is 2.97. The Hall–Kier alpha value is -0.820. The highest BCUT2D eigenvalue weighted by Crippen LogP contribution is 2.42.